The highest BCUT2D eigenvalue weighted by Crippen LogP contribution is 2.35. The Balaban J connectivity index is 1.70. The molecule has 0 saturated carbocycles. The van der Waals surface area contributed by atoms with Crippen LogP contribution in [0.4, 0.5) is 0 Å². The summed E-state index contributed by atoms with van der Waals surface area (Å²) in [5.41, 5.74) is 2.31. The normalized spacial score (nSPS) is 11.0. The standard InChI is InChI=1S/C25H18Cl4N2O3/c1-34-18-8-9-21-19(11-18)22(23(32)25(33)30-12-14-2-5-16(26)6-3-14)24(29)31(21)13-15-4-7-17(27)10-20(15)28/h2-11H,12-13H2,1H3,(H,30,33). The number of rotatable bonds is 7. The summed E-state index contributed by atoms with van der Waals surface area (Å²) in [7, 11) is 1.52. The SMILES string of the molecule is COc1ccc2c(c1)c(C(=O)C(=O)NCc1ccc(Cl)cc1)c(Cl)n2Cc1ccc(Cl)cc1Cl. The van der Waals surface area contributed by atoms with Gasteiger partial charge in [0.2, 0.25) is 0 Å². The van der Waals surface area contributed by atoms with Crippen LogP contribution in [0.25, 0.3) is 10.9 Å². The van der Waals surface area contributed by atoms with Crippen LogP contribution in [0, 0.1) is 0 Å². The van der Waals surface area contributed by atoms with E-state index >= 15 is 0 Å². The van der Waals surface area contributed by atoms with Crippen molar-refractivity contribution in [3.05, 3.63) is 97.6 Å². The predicted octanol–water partition coefficient (Wildman–Crippen LogP) is 6.81. The smallest absolute Gasteiger partial charge is 0.292 e. The van der Waals surface area contributed by atoms with Crippen molar-refractivity contribution in [3.63, 3.8) is 0 Å². The summed E-state index contributed by atoms with van der Waals surface area (Å²) < 4.78 is 7.05. The molecule has 0 aliphatic rings. The maximum atomic E-state index is 13.2. The van der Waals surface area contributed by atoms with Crippen LogP contribution in [-0.4, -0.2) is 23.4 Å². The lowest BCUT2D eigenvalue weighted by Gasteiger charge is -2.10. The minimum absolute atomic E-state index is 0.0919. The molecule has 0 unspecified atom stereocenters. The quantitative estimate of drug-likeness (QED) is 0.209. The molecule has 1 heterocycles. The van der Waals surface area contributed by atoms with Gasteiger partial charge in [-0.3, -0.25) is 9.59 Å². The highest BCUT2D eigenvalue weighted by molar-refractivity contribution is 6.49. The van der Waals surface area contributed by atoms with E-state index in [9.17, 15) is 9.59 Å². The maximum Gasteiger partial charge on any atom is 0.292 e. The molecule has 0 radical (unpaired) electrons. The van der Waals surface area contributed by atoms with E-state index < -0.39 is 11.7 Å². The van der Waals surface area contributed by atoms with Gasteiger partial charge in [-0.05, 0) is 53.6 Å². The molecule has 4 rings (SSSR count). The van der Waals surface area contributed by atoms with Crippen molar-refractivity contribution < 1.29 is 14.3 Å². The predicted molar refractivity (Wildman–Crippen MR) is 137 cm³/mol. The molecule has 174 valence electrons. The zero-order valence-corrected chi connectivity index (χ0v) is 20.9. The van der Waals surface area contributed by atoms with E-state index in [1.807, 2.05) is 0 Å². The summed E-state index contributed by atoms with van der Waals surface area (Å²) in [4.78, 5) is 26.0. The molecule has 0 bridgehead atoms. The zero-order chi connectivity index (χ0) is 24.4. The molecule has 9 heteroatoms. The molecule has 0 aliphatic carbocycles. The molecule has 3 aromatic carbocycles. The highest BCUT2D eigenvalue weighted by Gasteiger charge is 2.27. The molecule has 34 heavy (non-hydrogen) atoms. The fourth-order valence-corrected chi connectivity index (χ4v) is 4.53. The van der Waals surface area contributed by atoms with Crippen LogP contribution in [0.3, 0.4) is 0 Å². The van der Waals surface area contributed by atoms with Crippen molar-refractivity contribution in [2.24, 2.45) is 0 Å². The van der Waals surface area contributed by atoms with Crippen LogP contribution < -0.4 is 10.1 Å². The molecular weight excluding hydrogens is 518 g/mol. The van der Waals surface area contributed by atoms with Gasteiger partial charge in [0, 0.05) is 27.0 Å². The topological polar surface area (TPSA) is 60.3 Å². The van der Waals surface area contributed by atoms with Gasteiger partial charge in [-0.25, -0.2) is 0 Å². The second-order valence-corrected chi connectivity index (χ2v) is 9.15. The number of halogens is 4. The average Bonchev–Trinajstić information content (AvgIpc) is 3.09. The minimum atomic E-state index is -0.775. The Morgan fingerprint density at radius 2 is 1.62 bits per heavy atom. The number of ether oxygens (including phenoxy) is 1. The number of fused-ring (bicyclic) bond motifs is 1. The van der Waals surface area contributed by atoms with Gasteiger partial charge >= 0.3 is 0 Å². The number of amides is 1. The number of hydrogen-bond donors (Lipinski definition) is 1. The Kier molecular flexibility index (Phi) is 7.39. The molecule has 5 nitrogen and oxygen atoms in total. The molecule has 0 atom stereocenters. The first-order valence-electron chi connectivity index (χ1n) is 10.1. The van der Waals surface area contributed by atoms with E-state index in [-0.39, 0.29) is 23.8 Å². The van der Waals surface area contributed by atoms with Gasteiger partial charge in [-0.2, -0.15) is 0 Å². The molecule has 0 spiro atoms. The third-order valence-corrected chi connectivity index (χ3v) is 6.58. The minimum Gasteiger partial charge on any atom is -0.497 e. The van der Waals surface area contributed by atoms with Crippen LogP contribution >= 0.6 is 46.4 Å². The van der Waals surface area contributed by atoms with Crippen LogP contribution in [0.5, 0.6) is 5.75 Å². The summed E-state index contributed by atoms with van der Waals surface area (Å²) in [5.74, 6) is -0.997. The Hall–Kier alpha value is -2.70. The number of aromatic nitrogens is 1. The summed E-state index contributed by atoms with van der Waals surface area (Å²) in [6, 6.07) is 17.3. The summed E-state index contributed by atoms with van der Waals surface area (Å²) >= 11 is 25.0. The lowest BCUT2D eigenvalue weighted by molar-refractivity contribution is -0.117. The van der Waals surface area contributed by atoms with Crippen LogP contribution in [0.15, 0.2) is 60.7 Å². The van der Waals surface area contributed by atoms with Crippen molar-refractivity contribution >= 4 is 69.0 Å². The van der Waals surface area contributed by atoms with Crippen molar-refractivity contribution in [3.8, 4) is 5.75 Å². The van der Waals surface area contributed by atoms with E-state index in [0.717, 1.165) is 11.1 Å². The van der Waals surface area contributed by atoms with Gasteiger partial charge in [0.25, 0.3) is 11.7 Å². The first kappa shape index (κ1) is 24.4. The number of nitrogens with zero attached hydrogens (tertiary/aromatic N) is 1. The Bertz CT molecular complexity index is 1400. The van der Waals surface area contributed by atoms with Crippen LogP contribution in [-0.2, 0) is 17.9 Å². The number of ketones is 1. The monoisotopic (exact) mass is 534 g/mol. The number of benzene rings is 3. The lowest BCUT2D eigenvalue weighted by atomic mass is 10.1. The lowest BCUT2D eigenvalue weighted by Crippen LogP contribution is -2.30. The Morgan fingerprint density at radius 1 is 0.912 bits per heavy atom. The fraction of sp³-hybridized carbons (Fsp3) is 0.120. The van der Waals surface area contributed by atoms with Crippen molar-refractivity contribution in [1.82, 2.24) is 9.88 Å². The van der Waals surface area contributed by atoms with Gasteiger partial charge in [-0.1, -0.05) is 64.6 Å². The molecule has 0 aliphatic heterocycles. The largest absolute Gasteiger partial charge is 0.497 e. The third kappa shape index (κ3) is 5.03. The number of carbonyl (C=O) groups excluding carboxylic acids is 2. The zero-order valence-electron chi connectivity index (χ0n) is 17.9. The molecule has 1 amide bonds. The number of Topliss-reactive ketones (excluding diaryl/α,β-unsaturated/α-hetero) is 1. The Labute approximate surface area is 216 Å². The van der Waals surface area contributed by atoms with Gasteiger partial charge in [0.05, 0.1) is 24.7 Å². The van der Waals surface area contributed by atoms with Gasteiger partial charge < -0.3 is 14.6 Å². The third-order valence-electron chi connectivity index (χ3n) is 5.35. The average molecular weight is 536 g/mol. The van der Waals surface area contributed by atoms with Gasteiger partial charge in [-0.15, -0.1) is 0 Å². The van der Waals surface area contributed by atoms with E-state index in [0.29, 0.717) is 31.7 Å². The highest BCUT2D eigenvalue weighted by atomic mass is 35.5. The van der Waals surface area contributed by atoms with Gasteiger partial charge in [0.1, 0.15) is 10.9 Å². The molecular formula is C25H18Cl4N2O3. The molecule has 0 saturated heterocycles. The van der Waals surface area contributed by atoms with E-state index in [1.165, 1.54) is 7.11 Å². The van der Waals surface area contributed by atoms with Crippen molar-refractivity contribution in [2.45, 2.75) is 13.1 Å². The number of methoxy groups -OCH3 is 1. The maximum absolute atomic E-state index is 13.2. The van der Waals surface area contributed by atoms with Crippen molar-refractivity contribution in [2.75, 3.05) is 7.11 Å². The molecule has 1 N–H and O–H groups in total. The second-order valence-electron chi connectivity index (χ2n) is 7.51. The number of carbonyl (C=O) groups is 2. The number of hydrogen-bond acceptors (Lipinski definition) is 3. The number of nitrogens with one attached hydrogen (secondary N) is 1. The van der Waals surface area contributed by atoms with Gasteiger partial charge in [0.15, 0.2) is 0 Å². The van der Waals surface area contributed by atoms with E-state index in [1.54, 1.807) is 65.2 Å². The summed E-state index contributed by atoms with van der Waals surface area (Å²) in [5, 5.41) is 4.83. The Morgan fingerprint density at radius 3 is 2.29 bits per heavy atom. The summed E-state index contributed by atoms with van der Waals surface area (Å²) in [6.07, 6.45) is 0. The second kappa shape index (κ2) is 10.3. The first-order valence-corrected chi connectivity index (χ1v) is 11.7. The van der Waals surface area contributed by atoms with Crippen molar-refractivity contribution in [1.29, 1.82) is 0 Å². The van der Waals surface area contributed by atoms with Crippen LogP contribution in [0.1, 0.15) is 21.5 Å². The molecule has 4 aromatic rings. The fourth-order valence-electron chi connectivity index (χ4n) is 3.60. The first-order chi connectivity index (χ1) is 16.3. The summed E-state index contributed by atoms with van der Waals surface area (Å²) in [6.45, 7) is 0.443. The molecule has 1 aromatic heterocycles. The molecule has 0 fully saturated rings. The van der Waals surface area contributed by atoms with E-state index in [4.69, 9.17) is 51.1 Å². The van der Waals surface area contributed by atoms with E-state index in [2.05, 4.69) is 5.32 Å². The van der Waals surface area contributed by atoms with Crippen LogP contribution in [0.2, 0.25) is 20.2 Å².